The van der Waals surface area contributed by atoms with Crippen LogP contribution in [0, 0.1) is 17.8 Å². The number of hydrogen-bond donors (Lipinski definition) is 1. The fourth-order valence-electron chi connectivity index (χ4n) is 3.44. The van der Waals surface area contributed by atoms with E-state index in [1.165, 1.54) is 32.2 Å². The molecule has 0 atom stereocenters. The van der Waals surface area contributed by atoms with Crippen LogP contribution in [0.3, 0.4) is 0 Å². The Morgan fingerprint density at radius 2 is 1.76 bits per heavy atom. The average molecular weight is 238 g/mol. The first-order valence-electron chi connectivity index (χ1n) is 7.45. The van der Waals surface area contributed by atoms with E-state index in [1.54, 1.807) is 0 Å². The highest BCUT2D eigenvalue weighted by molar-refractivity contribution is 5.05. The molecule has 100 valence electrons. The van der Waals surface area contributed by atoms with Crippen molar-refractivity contribution in [3.63, 3.8) is 0 Å². The summed E-state index contributed by atoms with van der Waals surface area (Å²) in [7, 11) is 0. The molecule has 2 aliphatic rings. The Morgan fingerprint density at radius 3 is 2.12 bits per heavy atom. The molecule has 0 aliphatic heterocycles. The highest BCUT2D eigenvalue weighted by Crippen LogP contribution is 2.47. The van der Waals surface area contributed by atoms with Crippen LogP contribution in [0.15, 0.2) is 0 Å². The Morgan fingerprint density at radius 1 is 1.18 bits per heavy atom. The molecule has 17 heavy (non-hydrogen) atoms. The van der Waals surface area contributed by atoms with Crippen LogP contribution in [0.2, 0.25) is 0 Å². The predicted octanol–water partition coefficient (Wildman–Crippen LogP) is 2.87. The van der Waals surface area contributed by atoms with Crippen molar-refractivity contribution in [3.05, 3.63) is 0 Å². The van der Waals surface area contributed by atoms with Gasteiger partial charge in [0, 0.05) is 24.7 Å². The van der Waals surface area contributed by atoms with Crippen molar-refractivity contribution in [1.29, 1.82) is 0 Å². The van der Waals surface area contributed by atoms with Gasteiger partial charge in [-0.15, -0.1) is 0 Å². The molecule has 2 nitrogen and oxygen atoms in total. The molecule has 0 aromatic rings. The lowest BCUT2D eigenvalue weighted by molar-refractivity contribution is -0.0548. The van der Waals surface area contributed by atoms with E-state index in [1.807, 2.05) is 0 Å². The topological polar surface area (TPSA) is 29.3 Å². The zero-order valence-corrected chi connectivity index (χ0v) is 12.1. The summed E-state index contributed by atoms with van der Waals surface area (Å²) >= 11 is 0. The molecule has 2 fully saturated rings. The lowest BCUT2D eigenvalue weighted by Gasteiger charge is -2.57. The minimum absolute atomic E-state index is 0.339. The van der Waals surface area contributed by atoms with E-state index in [-0.39, 0.29) is 0 Å². The van der Waals surface area contributed by atoms with E-state index < -0.39 is 0 Å². The van der Waals surface area contributed by atoms with Gasteiger partial charge in [0.05, 0.1) is 0 Å². The van der Waals surface area contributed by atoms with Gasteiger partial charge in [0.1, 0.15) is 0 Å². The van der Waals surface area contributed by atoms with Gasteiger partial charge in [-0.3, -0.25) is 4.90 Å². The van der Waals surface area contributed by atoms with E-state index >= 15 is 0 Å². The summed E-state index contributed by atoms with van der Waals surface area (Å²) in [5, 5.41) is 0. The van der Waals surface area contributed by atoms with Gasteiger partial charge in [0.25, 0.3) is 0 Å². The van der Waals surface area contributed by atoms with Crippen molar-refractivity contribution in [2.24, 2.45) is 23.5 Å². The number of nitrogens with two attached hydrogens (primary N) is 1. The summed E-state index contributed by atoms with van der Waals surface area (Å²) in [6.07, 6.45) is 5.53. The van der Waals surface area contributed by atoms with Crippen LogP contribution in [0.5, 0.6) is 0 Å². The Hall–Kier alpha value is -0.0800. The largest absolute Gasteiger partial charge is 0.329 e. The zero-order chi connectivity index (χ0) is 12.6. The summed E-state index contributed by atoms with van der Waals surface area (Å²) in [6, 6.07) is 0.646. The lowest BCUT2D eigenvalue weighted by Crippen LogP contribution is -2.64. The van der Waals surface area contributed by atoms with Crippen molar-refractivity contribution in [3.8, 4) is 0 Å². The van der Waals surface area contributed by atoms with Crippen molar-refractivity contribution in [2.75, 3.05) is 13.1 Å². The second-order valence-corrected chi connectivity index (χ2v) is 7.03. The van der Waals surface area contributed by atoms with Crippen molar-refractivity contribution < 1.29 is 0 Å². The third-order valence-electron chi connectivity index (χ3n) is 4.99. The van der Waals surface area contributed by atoms with Gasteiger partial charge < -0.3 is 5.73 Å². The Bertz CT molecular complexity index is 250. The third kappa shape index (κ3) is 2.68. The van der Waals surface area contributed by atoms with Crippen LogP contribution in [0.4, 0.5) is 0 Å². The number of rotatable bonds is 6. The molecule has 0 aromatic heterocycles. The normalized spacial score (nSPS) is 33.5. The molecular weight excluding hydrogens is 208 g/mol. The molecule has 0 amide bonds. The van der Waals surface area contributed by atoms with E-state index in [0.717, 1.165) is 24.3 Å². The molecule has 0 spiro atoms. The van der Waals surface area contributed by atoms with Crippen LogP contribution in [0.1, 0.15) is 53.4 Å². The Kier molecular flexibility index (Phi) is 3.84. The maximum Gasteiger partial charge on any atom is 0.0340 e. The molecular formula is C15H30N2. The first-order valence-corrected chi connectivity index (χ1v) is 7.45. The van der Waals surface area contributed by atoms with Gasteiger partial charge in [0.15, 0.2) is 0 Å². The van der Waals surface area contributed by atoms with Gasteiger partial charge >= 0.3 is 0 Å². The monoisotopic (exact) mass is 238 g/mol. The van der Waals surface area contributed by atoms with Crippen LogP contribution in [-0.2, 0) is 0 Å². The quantitative estimate of drug-likeness (QED) is 0.771. The molecule has 0 heterocycles. The second-order valence-electron chi connectivity index (χ2n) is 7.03. The summed E-state index contributed by atoms with van der Waals surface area (Å²) in [6.45, 7) is 11.5. The first-order chi connectivity index (χ1) is 7.98. The van der Waals surface area contributed by atoms with Crippen LogP contribution in [0.25, 0.3) is 0 Å². The molecule has 2 rings (SSSR count). The van der Waals surface area contributed by atoms with Gasteiger partial charge in [0.2, 0.25) is 0 Å². The SMILES string of the molecule is CC(C)C1CC(CN)(N(CC2CC2)C(C)C)C1. The average Bonchev–Trinajstić information content (AvgIpc) is 2.98. The zero-order valence-electron chi connectivity index (χ0n) is 12.1. The van der Waals surface area contributed by atoms with Crippen molar-refractivity contribution in [1.82, 2.24) is 4.90 Å². The molecule has 0 aromatic carbocycles. The minimum atomic E-state index is 0.339. The van der Waals surface area contributed by atoms with Gasteiger partial charge in [-0.05, 0) is 57.3 Å². The van der Waals surface area contributed by atoms with Crippen molar-refractivity contribution in [2.45, 2.75) is 65.0 Å². The summed E-state index contributed by atoms with van der Waals surface area (Å²) in [4.78, 5) is 2.73. The smallest absolute Gasteiger partial charge is 0.0340 e. The van der Waals surface area contributed by atoms with Gasteiger partial charge in [-0.2, -0.15) is 0 Å². The fourth-order valence-corrected chi connectivity index (χ4v) is 3.44. The van der Waals surface area contributed by atoms with Crippen LogP contribution < -0.4 is 5.73 Å². The molecule has 2 N–H and O–H groups in total. The number of nitrogens with zero attached hydrogens (tertiary/aromatic N) is 1. The summed E-state index contributed by atoms with van der Waals surface area (Å²) < 4.78 is 0. The second kappa shape index (κ2) is 4.89. The highest BCUT2D eigenvalue weighted by Gasteiger charge is 2.49. The molecule has 2 saturated carbocycles. The Labute approximate surface area is 107 Å². The number of hydrogen-bond acceptors (Lipinski definition) is 2. The van der Waals surface area contributed by atoms with Crippen molar-refractivity contribution >= 4 is 0 Å². The van der Waals surface area contributed by atoms with Crippen LogP contribution >= 0.6 is 0 Å². The fraction of sp³-hybridized carbons (Fsp3) is 1.00. The standard InChI is InChI=1S/C15H30N2/c1-11(2)14-7-15(8-14,10-16)17(12(3)4)9-13-5-6-13/h11-14H,5-10,16H2,1-4H3. The Balaban J connectivity index is 1.99. The van der Waals surface area contributed by atoms with Crippen LogP contribution in [-0.4, -0.2) is 29.6 Å². The molecule has 2 aliphatic carbocycles. The molecule has 0 saturated heterocycles. The van der Waals surface area contributed by atoms with E-state index in [2.05, 4.69) is 32.6 Å². The van der Waals surface area contributed by atoms with E-state index in [4.69, 9.17) is 5.73 Å². The van der Waals surface area contributed by atoms with E-state index in [0.29, 0.717) is 11.6 Å². The van der Waals surface area contributed by atoms with Gasteiger partial charge in [-0.1, -0.05) is 13.8 Å². The predicted molar refractivity (Wildman–Crippen MR) is 73.9 cm³/mol. The summed E-state index contributed by atoms with van der Waals surface area (Å²) in [5.74, 6) is 2.70. The maximum atomic E-state index is 6.12. The van der Waals surface area contributed by atoms with Gasteiger partial charge in [-0.25, -0.2) is 0 Å². The minimum Gasteiger partial charge on any atom is -0.329 e. The third-order valence-corrected chi connectivity index (χ3v) is 4.99. The highest BCUT2D eigenvalue weighted by atomic mass is 15.2. The molecule has 0 radical (unpaired) electrons. The lowest BCUT2D eigenvalue weighted by atomic mass is 9.62. The van der Waals surface area contributed by atoms with E-state index in [9.17, 15) is 0 Å². The summed E-state index contributed by atoms with van der Waals surface area (Å²) in [5.41, 5.74) is 6.46. The molecule has 0 unspecified atom stereocenters. The maximum absolute atomic E-state index is 6.12. The molecule has 0 bridgehead atoms. The first kappa shape index (κ1) is 13.4. The molecule has 2 heteroatoms.